The zero-order chi connectivity index (χ0) is 22.0. The lowest BCUT2D eigenvalue weighted by molar-refractivity contribution is 0.297. The smallest absolute Gasteiger partial charge is 0.145 e. The quantitative estimate of drug-likeness (QED) is 0.522. The molecule has 0 radical (unpaired) electrons. The molecule has 1 aliphatic rings. The fourth-order valence-corrected chi connectivity index (χ4v) is 3.55. The van der Waals surface area contributed by atoms with Crippen molar-refractivity contribution in [3.63, 3.8) is 0 Å². The van der Waals surface area contributed by atoms with Crippen LogP contribution < -0.4 is 14.9 Å². The number of halogens is 1. The SMILES string of the molecule is Cc1ccc(C)c(OC2=CN(C)NC2c2ccc(OCc3ccc(Cl)cc3)cc2O)c1. The van der Waals surface area contributed by atoms with Gasteiger partial charge in [0, 0.05) is 23.7 Å². The number of aromatic hydroxyl groups is 1. The number of hydrazine groups is 1. The molecule has 2 N–H and O–H groups in total. The van der Waals surface area contributed by atoms with Crippen LogP contribution in [0.4, 0.5) is 0 Å². The summed E-state index contributed by atoms with van der Waals surface area (Å²) in [6.07, 6.45) is 1.89. The van der Waals surface area contributed by atoms with Gasteiger partial charge < -0.3 is 19.6 Å². The molecule has 0 saturated carbocycles. The molecule has 1 aliphatic heterocycles. The van der Waals surface area contributed by atoms with Crippen LogP contribution in [-0.4, -0.2) is 17.2 Å². The van der Waals surface area contributed by atoms with Gasteiger partial charge in [-0.2, -0.15) is 0 Å². The molecule has 3 aromatic rings. The molecule has 0 saturated heterocycles. The fraction of sp³-hybridized carbons (Fsp3) is 0.200. The molecule has 6 heteroatoms. The van der Waals surface area contributed by atoms with E-state index in [0.717, 1.165) is 22.4 Å². The molecule has 4 rings (SSSR count). The Bertz CT molecular complexity index is 1110. The third-order valence-corrected chi connectivity index (χ3v) is 5.39. The van der Waals surface area contributed by atoms with Crippen LogP contribution in [0.15, 0.2) is 72.6 Å². The summed E-state index contributed by atoms with van der Waals surface area (Å²) in [6, 6.07) is 18.6. The lowest BCUT2D eigenvalue weighted by atomic mass is 10.0. The van der Waals surface area contributed by atoms with Crippen LogP contribution in [0.5, 0.6) is 17.2 Å². The van der Waals surface area contributed by atoms with E-state index in [4.69, 9.17) is 21.1 Å². The number of phenols is 1. The van der Waals surface area contributed by atoms with Gasteiger partial charge in [0.2, 0.25) is 0 Å². The highest BCUT2D eigenvalue weighted by molar-refractivity contribution is 6.30. The van der Waals surface area contributed by atoms with Crippen LogP contribution in [0.25, 0.3) is 0 Å². The van der Waals surface area contributed by atoms with Gasteiger partial charge >= 0.3 is 0 Å². The van der Waals surface area contributed by atoms with Gasteiger partial charge in [-0.25, -0.2) is 5.43 Å². The second-order valence-corrected chi connectivity index (χ2v) is 8.15. The van der Waals surface area contributed by atoms with Crippen molar-refractivity contribution in [3.05, 3.63) is 99.9 Å². The predicted octanol–water partition coefficient (Wildman–Crippen LogP) is 5.65. The predicted molar refractivity (Wildman–Crippen MR) is 122 cm³/mol. The van der Waals surface area contributed by atoms with Crippen molar-refractivity contribution in [2.45, 2.75) is 26.5 Å². The van der Waals surface area contributed by atoms with Crippen molar-refractivity contribution < 1.29 is 14.6 Å². The van der Waals surface area contributed by atoms with Gasteiger partial charge in [0.15, 0.2) is 0 Å². The Kier molecular flexibility index (Phi) is 6.07. The average molecular weight is 437 g/mol. The molecule has 5 nitrogen and oxygen atoms in total. The fourth-order valence-electron chi connectivity index (χ4n) is 3.43. The highest BCUT2D eigenvalue weighted by Gasteiger charge is 2.28. The Balaban J connectivity index is 1.50. The first-order valence-electron chi connectivity index (χ1n) is 10.0. The normalized spacial score (nSPS) is 15.7. The highest BCUT2D eigenvalue weighted by Crippen LogP contribution is 2.36. The van der Waals surface area contributed by atoms with E-state index in [2.05, 4.69) is 11.5 Å². The van der Waals surface area contributed by atoms with Crippen LogP contribution in [0.3, 0.4) is 0 Å². The van der Waals surface area contributed by atoms with Gasteiger partial charge in [-0.3, -0.25) is 0 Å². The summed E-state index contributed by atoms with van der Waals surface area (Å²) < 4.78 is 12.1. The monoisotopic (exact) mass is 436 g/mol. The van der Waals surface area contributed by atoms with E-state index >= 15 is 0 Å². The third-order valence-electron chi connectivity index (χ3n) is 5.14. The van der Waals surface area contributed by atoms with Gasteiger partial charge in [-0.15, -0.1) is 0 Å². The van der Waals surface area contributed by atoms with Crippen molar-refractivity contribution in [3.8, 4) is 17.2 Å². The maximum absolute atomic E-state index is 10.7. The Morgan fingerprint density at radius 1 is 1.03 bits per heavy atom. The summed E-state index contributed by atoms with van der Waals surface area (Å²) in [5.41, 5.74) is 7.19. The van der Waals surface area contributed by atoms with Crippen molar-refractivity contribution in [2.75, 3.05) is 7.05 Å². The Morgan fingerprint density at radius 2 is 1.81 bits per heavy atom. The zero-order valence-electron chi connectivity index (χ0n) is 17.7. The van der Waals surface area contributed by atoms with E-state index in [0.29, 0.717) is 28.7 Å². The standard InChI is InChI=1S/C25H25ClN2O3/c1-16-4-5-17(2)23(12-16)31-24-14-28(3)27-25(24)21-11-10-20(13-22(21)29)30-15-18-6-8-19(26)9-7-18/h4-14,25,27,29H,15H2,1-3H3. The number of hydrogen-bond acceptors (Lipinski definition) is 5. The molecule has 0 aliphatic carbocycles. The van der Waals surface area contributed by atoms with Crippen molar-refractivity contribution >= 4 is 11.6 Å². The third kappa shape index (κ3) is 4.95. The van der Waals surface area contributed by atoms with Crippen molar-refractivity contribution in [2.24, 2.45) is 0 Å². The lowest BCUT2D eigenvalue weighted by Gasteiger charge is -2.20. The van der Waals surface area contributed by atoms with E-state index in [1.807, 2.05) is 80.6 Å². The maximum Gasteiger partial charge on any atom is 0.145 e. The number of nitrogens with zero attached hydrogens (tertiary/aromatic N) is 1. The highest BCUT2D eigenvalue weighted by atomic mass is 35.5. The minimum absolute atomic E-state index is 0.136. The van der Waals surface area contributed by atoms with Crippen LogP contribution >= 0.6 is 11.6 Å². The van der Waals surface area contributed by atoms with E-state index in [9.17, 15) is 5.11 Å². The molecule has 0 aromatic heterocycles. The molecule has 3 aromatic carbocycles. The van der Waals surface area contributed by atoms with Gasteiger partial charge in [-0.1, -0.05) is 35.9 Å². The molecule has 0 fully saturated rings. The van der Waals surface area contributed by atoms with E-state index < -0.39 is 0 Å². The Labute approximate surface area is 187 Å². The number of aryl methyl sites for hydroxylation is 2. The number of hydrogen-bond donors (Lipinski definition) is 2. The van der Waals surface area contributed by atoms with Crippen molar-refractivity contribution in [1.29, 1.82) is 0 Å². The van der Waals surface area contributed by atoms with Gasteiger partial charge in [-0.05, 0) is 60.9 Å². The number of nitrogens with one attached hydrogen (secondary N) is 1. The molecule has 0 spiro atoms. The Hall–Kier alpha value is -3.15. The topological polar surface area (TPSA) is 54.0 Å². The van der Waals surface area contributed by atoms with Crippen LogP contribution in [0.2, 0.25) is 5.02 Å². The number of ether oxygens (including phenoxy) is 2. The molecule has 0 amide bonds. The molecule has 160 valence electrons. The molecule has 1 atom stereocenters. The lowest BCUT2D eigenvalue weighted by Crippen LogP contribution is -2.28. The van der Waals surface area contributed by atoms with Crippen LogP contribution in [0.1, 0.15) is 28.3 Å². The van der Waals surface area contributed by atoms with E-state index in [-0.39, 0.29) is 11.8 Å². The minimum Gasteiger partial charge on any atom is -0.507 e. The summed E-state index contributed by atoms with van der Waals surface area (Å²) in [5, 5.41) is 13.2. The zero-order valence-corrected chi connectivity index (χ0v) is 18.5. The van der Waals surface area contributed by atoms with Crippen LogP contribution in [0, 0.1) is 13.8 Å². The van der Waals surface area contributed by atoms with Gasteiger partial charge in [0.1, 0.15) is 35.7 Å². The van der Waals surface area contributed by atoms with Crippen molar-refractivity contribution in [1.82, 2.24) is 10.4 Å². The first kappa shape index (κ1) is 21.1. The van der Waals surface area contributed by atoms with E-state index in [1.54, 1.807) is 6.07 Å². The number of phenolic OH excluding ortho intramolecular Hbond substituents is 1. The van der Waals surface area contributed by atoms with Crippen LogP contribution in [-0.2, 0) is 6.61 Å². The van der Waals surface area contributed by atoms with Gasteiger partial charge in [0.05, 0.1) is 6.20 Å². The maximum atomic E-state index is 10.7. The summed E-state index contributed by atoms with van der Waals surface area (Å²) >= 11 is 5.92. The first-order valence-corrected chi connectivity index (χ1v) is 10.4. The first-order chi connectivity index (χ1) is 14.9. The molecular weight excluding hydrogens is 412 g/mol. The minimum atomic E-state index is -0.310. The van der Waals surface area contributed by atoms with E-state index in [1.165, 1.54) is 0 Å². The largest absolute Gasteiger partial charge is 0.507 e. The summed E-state index contributed by atoms with van der Waals surface area (Å²) in [6.45, 7) is 4.44. The molecule has 1 unspecified atom stereocenters. The summed E-state index contributed by atoms with van der Waals surface area (Å²) in [5.74, 6) is 2.23. The summed E-state index contributed by atoms with van der Waals surface area (Å²) in [7, 11) is 1.90. The second kappa shape index (κ2) is 8.92. The molecular formula is C25H25ClN2O3. The molecule has 0 bridgehead atoms. The average Bonchev–Trinajstić information content (AvgIpc) is 3.10. The molecule has 31 heavy (non-hydrogen) atoms. The Morgan fingerprint density at radius 3 is 2.55 bits per heavy atom. The summed E-state index contributed by atoms with van der Waals surface area (Å²) in [4.78, 5) is 0. The van der Waals surface area contributed by atoms with Gasteiger partial charge in [0.25, 0.3) is 0 Å². The number of rotatable bonds is 6. The number of benzene rings is 3. The second-order valence-electron chi connectivity index (χ2n) is 7.71. The molecule has 1 heterocycles.